The van der Waals surface area contributed by atoms with Gasteiger partial charge in [0, 0.05) is 24.2 Å². The molecule has 0 amide bonds. The summed E-state index contributed by atoms with van der Waals surface area (Å²) in [6, 6.07) is 19.0. The van der Waals surface area contributed by atoms with Crippen LogP contribution >= 0.6 is 34.8 Å². The van der Waals surface area contributed by atoms with Gasteiger partial charge in [0.05, 0.1) is 14.9 Å². The molecule has 0 aliphatic rings. The topological polar surface area (TPSA) is 75.6 Å². The molecule has 0 fully saturated rings. The predicted octanol–water partition coefficient (Wildman–Crippen LogP) is 6.06. The summed E-state index contributed by atoms with van der Waals surface area (Å²) in [6.45, 7) is 3.92. The van der Waals surface area contributed by atoms with Gasteiger partial charge < -0.3 is 10.1 Å². The van der Waals surface area contributed by atoms with Crippen molar-refractivity contribution in [1.29, 1.82) is 0 Å². The summed E-state index contributed by atoms with van der Waals surface area (Å²) < 4.78 is 35.1. The van der Waals surface area contributed by atoms with Gasteiger partial charge in [-0.15, -0.1) is 0 Å². The number of benzene rings is 3. The van der Waals surface area contributed by atoms with E-state index in [-0.39, 0.29) is 4.90 Å². The molecule has 0 aliphatic carbocycles. The maximum atomic E-state index is 10.5. The fraction of sp³-hybridized carbons (Fsp3) is 0.182. The van der Waals surface area contributed by atoms with Crippen LogP contribution in [0.15, 0.2) is 71.6 Å². The zero-order valence-electron chi connectivity index (χ0n) is 16.7. The minimum atomic E-state index is -4.02. The Bertz CT molecular complexity index is 1070. The van der Waals surface area contributed by atoms with Crippen molar-refractivity contribution in [3.8, 4) is 5.75 Å². The van der Waals surface area contributed by atoms with Gasteiger partial charge in [-0.1, -0.05) is 64.6 Å². The van der Waals surface area contributed by atoms with Gasteiger partial charge in [0.2, 0.25) is 0 Å². The van der Waals surface area contributed by atoms with Crippen molar-refractivity contribution >= 4 is 44.9 Å². The predicted molar refractivity (Wildman–Crippen MR) is 126 cm³/mol. The average Bonchev–Trinajstić information content (AvgIpc) is 2.72. The number of aryl methyl sites for hydroxylation is 1. The highest BCUT2D eigenvalue weighted by molar-refractivity contribution is 7.85. The van der Waals surface area contributed by atoms with E-state index >= 15 is 0 Å². The molecule has 5 nitrogen and oxygen atoms in total. The molecule has 31 heavy (non-hydrogen) atoms. The first kappa shape index (κ1) is 25.5. The minimum absolute atomic E-state index is 0.0666. The molecule has 0 unspecified atom stereocenters. The summed E-state index contributed by atoms with van der Waals surface area (Å²) >= 11 is 17.6. The zero-order chi connectivity index (χ0) is 22.9. The van der Waals surface area contributed by atoms with Crippen LogP contribution in [0.25, 0.3) is 0 Å². The van der Waals surface area contributed by atoms with E-state index < -0.39 is 10.1 Å². The third kappa shape index (κ3) is 9.47. The third-order valence-corrected chi connectivity index (χ3v) is 5.86. The summed E-state index contributed by atoms with van der Waals surface area (Å²) in [5, 5.41) is 5.06. The van der Waals surface area contributed by atoms with Gasteiger partial charge in [0.25, 0.3) is 10.1 Å². The molecule has 0 aromatic heterocycles. The van der Waals surface area contributed by atoms with Gasteiger partial charge in [-0.2, -0.15) is 8.42 Å². The maximum Gasteiger partial charge on any atom is 0.294 e. The van der Waals surface area contributed by atoms with Crippen LogP contribution in [-0.2, 0) is 16.7 Å². The lowest BCUT2D eigenvalue weighted by molar-refractivity contribution is 0.313. The van der Waals surface area contributed by atoms with Crippen LogP contribution in [0.5, 0.6) is 5.75 Å². The van der Waals surface area contributed by atoms with Crippen molar-refractivity contribution in [3.63, 3.8) is 0 Å². The molecule has 0 bridgehead atoms. The maximum absolute atomic E-state index is 10.5. The molecular formula is C22H22Cl3NO4S. The lowest BCUT2D eigenvalue weighted by Gasteiger charge is -2.08. The number of rotatable bonds is 7. The van der Waals surface area contributed by atoms with E-state index in [1.807, 2.05) is 31.2 Å². The second-order valence-electron chi connectivity index (χ2n) is 6.52. The fourth-order valence-corrected chi connectivity index (χ4v) is 3.25. The van der Waals surface area contributed by atoms with Gasteiger partial charge in [-0.05, 0) is 48.9 Å². The van der Waals surface area contributed by atoms with E-state index in [0.29, 0.717) is 22.4 Å². The molecule has 3 rings (SSSR count). The fourth-order valence-electron chi connectivity index (χ4n) is 2.35. The molecule has 0 heterocycles. The SMILES string of the molecule is Cc1ccc(S(=O)(=O)O)cc1.Clc1ccc(CNCCOc2ccc(Cl)c(Cl)c2)cc1. The van der Waals surface area contributed by atoms with Gasteiger partial charge >= 0.3 is 0 Å². The highest BCUT2D eigenvalue weighted by Gasteiger charge is 2.06. The van der Waals surface area contributed by atoms with Crippen molar-refractivity contribution in [2.24, 2.45) is 0 Å². The Hall–Kier alpha value is -1.80. The van der Waals surface area contributed by atoms with E-state index in [1.165, 1.54) is 17.7 Å². The Morgan fingerprint density at radius 2 is 1.55 bits per heavy atom. The molecule has 0 saturated carbocycles. The van der Waals surface area contributed by atoms with Crippen molar-refractivity contribution in [3.05, 3.63) is 92.9 Å². The first-order chi connectivity index (χ1) is 14.6. The highest BCUT2D eigenvalue weighted by Crippen LogP contribution is 2.26. The number of hydrogen-bond acceptors (Lipinski definition) is 4. The number of hydrogen-bond donors (Lipinski definition) is 2. The molecule has 166 valence electrons. The molecule has 0 atom stereocenters. The zero-order valence-corrected chi connectivity index (χ0v) is 19.8. The highest BCUT2D eigenvalue weighted by atomic mass is 35.5. The van der Waals surface area contributed by atoms with Crippen LogP contribution in [0.3, 0.4) is 0 Å². The van der Waals surface area contributed by atoms with Gasteiger partial charge in [-0.25, -0.2) is 0 Å². The Balaban J connectivity index is 0.000000262. The lowest BCUT2D eigenvalue weighted by atomic mass is 10.2. The van der Waals surface area contributed by atoms with E-state index in [4.69, 9.17) is 44.1 Å². The number of ether oxygens (including phenoxy) is 1. The van der Waals surface area contributed by atoms with E-state index in [1.54, 1.807) is 30.3 Å². The molecule has 2 N–H and O–H groups in total. The van der Waals surface area contributed by atoms with Crippen LogP contribution in [0.1, 0.15) is 11.1 Å². The van der Waals surface area contributed by atoms with E-state index in [0.717, 1.165) is 23.7 Å². The molecule has 0 radical (unpaired) electrons. The quantitative estimate of drug-likeness (QED) is 0.303. The van der Waals surface area contributed by atoms with Gasteiger partial charge in [0.1, 0.15) is 12.4 Å². The molecule has 0 aliphatic heterocycles. The van der Waals surface area contributed by atoms with E-state index in [9.17, 15) is 8.42 Å². The first-order valence-corrected chi connectivity index (χ1v) is 11.8. The minimum Gasteiger partial charge on any atom is -0.492 e. The second kappa shape index (κ2) is 12.3. The molecule has 3 aromatic carbocycles. The number of nitrogens with one attached hydrogen (secondary N) is 1. The van der Waals surface area contributed by atoms with Crippen LogP contribution in [0.2, 0.25) is 15.1 Å². The average molecular weight is 503 g/mol. The Labute approximate surface area is 197 Å². The van der Waals surface area contributed by atoms with Crippen LogP contribution in [0, 0.1) is 6.92 Å². The smallest absolute Gasteiger partial charge is 0.294 e. The Morgan fingerprint density at radius 1 is 0.903 bits per heavy atom. The molecule has 3 aromatic rings. The number of halogens is 3. The normalized spacial score (nSPS) is 10.9. The summed E-state index contributed by atoms with van der Waals surface area (Å²) in [5.74, 6) is 0.715. The monoisotopic (exact) mass is 501 g/mol. The van der Waals surface area contributed by atoms with Crippen molar-refractivity contribution in [2.75, 3.05) is 13.2 Å². The summed E-state index contributed by atoms with van der Waals surface area (Å²) in [7, 11) is -4.02. The van der Waals surface area contributed by atoms with Crippen LogP contribution in [-0.4, -0.2) is 26.1 Å². The van der Waals surface area contributed by atoms with Gasteiger partial charge in [0.15, 0.2) is 0 Å². The van der Waals surface area contributed by atoms with Crippen LogP contribution < -0.4 is 10.1 Å². The van der Waals surface area contributed by atoms with Crippen LogP contribution in [0.4, 0.5) is 0 Å². The summed E-state index contributed by atoms with van der Waals surface area (Å²) in [6.07, 6.45) is 0. The largest absolute Gasteiger partial charge is 0.492 e. The van der Waals surface area contributed by atoms with Crippen molar-refractivity contribution in [2.45, 2.75) is 18.4 Å². The van der Waals surface area contributed by atoms with Crippen molar-refractivity contribution < 1.29 is 17.7 Å². The van der Waals surface area contributed by atoms with Gasteiger partial charge in [-0.3, -0.25) is 4.55 Å². The Morgan fingerprint density at radius 3 is 2.13 bits per heavy atom. The summed E-state index contributed by atoms with van der Waals surface area (Å²) in [4.78, 5) is -0.0666. The standard InChI is InChI=1S/C15H14Cl3NO.C7H8O3S/c16-12-3-1-11(2-4-12)10-19-7-8-20-13-5-6-14(17)15(18)9-13;1-6-2-4-7(5-3-6)11(8,9)10/h1-6,9,19H,7-8,10H2;2-5H,1H3,(H,8,9,10). The summed E-state index contributed by atoms with van der Waals surface area (Å²) in [5.41, 5.74) is 2.14. The molecule has 0 spiro atoms. The molecular weight excluding hydrogens is 481 g/mol. The first-order valence-electron chi connectivity index (χ1n) is 9.22. The molecule has 0 saturated heterocycles. The van der Waals surface area contributed by atoms with E-state index in [2.05, 4.69) is 5.32 Å². The Kier molecular flexibility index (Phi) is 10.1. The third-order valence-electron chi connectivity index (χ3n) is 4.00. The molecule has 9 heteroatoms. The lowest BCUT2D eigenvalue weighted by Crippen LogP contribution is -2.20. The second-order valence-corrected chi connectivity index (χ2v) is 9.19. The van der Waals surface area contributed by atoms with Crippen molar-refractivity contribution in [1.82, 2.24) is 5.32 Å².